The molecule has 0 saturated carbocycles. The van der Waals surface area contributed by atoms with Crippen molar-refractivity contribution >= 4 is 17.0 Å². The molecule has 0 bridgehead atoms. The van der Waals surface area contributed by atoms with Gasteiger partial charge in [0.05, 0.1) is 12.8 Å². The SMILES string of the molecule is CCCn1c(=O)c(-c2ccc(OC)cc2)cc2c(C)nc(NCC)nc21. The second-order valence-corrected chi connectivity index (χ2v) is 6.14. The lowest BCUT2D eigenvalue weighted by molar-refractivity contribution is 0.415. The molecule has 0 spiro atoms. The van der Waals surface area contributed by atoms with Gasteiger partial charge in [-0.15, -0.1) is 0 Å². The zero-order valence-electron chi connectivity index (χ0n) is 15.7. The van der Waals surface area contributed by atoms with Gasteiger partial charge in [0.1, 0.15) is 11.4 Å². The van der Waals surface area contributed by atoms with Crippen molar-refractivity contribution in [3.05, 3.63) is 46.4 Å². The Kier molecular flexibility index (Phi) is 5.21. The maximum Gasteiger partial charge on any atom is 0.260 e. The second-order valence-electron chi connectivity index (χ2n) is 6.14. The Morgan fingerprint density at radius 3 is 2.50 bits per heavy atom. The summed E-state index contributed by atoms with van der Waals surface area (Å²) in [6, 6.07) is 9.43. The largest absolute Gasteiger partial charge is 0.497 e. The molecule has 1 N–H and O–H groups in total. The van der Waals surface area contributed by atoms with E-state index in [4.69, 9.17) is 4.74 Å². The lowest BCUT2D eigenvalue weighted by atomic mass is 10.0. The summed E-state index contributed by atoms with van der Waals surface area (Å²) < 4.78 is 6.97. The molecule has 0 fully saturated rings. The van der Waals surface area contributed by atoms with Gasteiger partial charge in [-0.2, -0.15) is 4.98 Å². The van der Waals surface area contributed by atoms with Crippen LogP contribution in [-0.4, -0.2) is 28.2 Å². The Morgan fingerprint density at radius 1 is 1.15 bits per heavy atom. The average Bonchev–Trinajstić information content (AvgIpc) is 2.64. The van der Waals surface area contributed by atoms with Crippen molar-refractivity contribution in [2.75, 3.05) is 19.0 Å². The fourth-order valence-corrected chi connectivity index (χ4v) is 3.03. The predicted octanol–water partition coefficient (Wildman–Crippen LogP) is 3.62. The molecule has 2 heterocycles. The number of ether oxygens (including phenoxy) is 1. The van der Waals surface area contributed by atoms with Crippen molar-refractivity contribution in [2.24, 2.45) is 0 Å². The van der Waals surface area contributed by atoms with E-state index in [1.54, 1.807) is 11.7 Å². The molecule has 0 atom stereocenters. The Bertz CT molecular complexity index is 978. The summed E-state index contributed by atoms with van der Waals surface area (Å²) in [5.41, 5.74) is 3.00. The first-order chi connectivity index (χ1) is 12.6. The summed E-state index contributed by atoms with van der Waals surface area (Å²) in [6.07, 6.45) is 0.848. The smallest absolute Gasteiger partial charge is 0.260 e. The van der Waals surface area contributed by atoms with E-state index >= 15 is 0 Å². The Morgan fingerprint density at radius 2 is 1.88 bits per heavy atom. The van der Waals surface area contributed by atoms with Crippen LogP contribution in [0.4, 0.5) is 5.95 Å². The predicted molar refractivity (Wildman–Crippen MR) is 105 cm³/mol. The van der Waals surface area contributed by atoms with Crippen LogP contribution in [0, 0.1) is 6.92 Å². The number of pyridine rings is 1. The van der Waals surface area contributed by atoms with Crippen molar-refractivity contribution in [3.8, 4) is 16.9 Å². The van der Waals surface area contributed by atoms with Crippen molar-refractivity contribution in [2.45, 2.75) is 33.7 Å². The minimum atomic E-state index is -0.0370. The molecular weight excluding hydrogens is 328 g/mol. The molecule has 3 rings (SSSR count). The first-order valence-corrected chi connectivity index (χ1v) is 8.89. The number of aryl methyl sites for hydroxylation is 2. The van der Waals surface area contributed by atoms with Crippen LogP contribution in [-0.2, 0) is 6.54 Å². The number of hydrogen-bond donors (Lipinski definition) is 1. The van der Waals surface area contributed by atoms with Crippen LogP contribution in [0.2, 0.25) is 0 Å². The molecule has 6 heteroatoms. The molecule has 2 aromatic heterocycles. The molecule has 26 heavy (non-hydrogen) atoms. The Balaban J connectivity index is 2.27. The number of rotatable bonds is 6. The number of anilines is 1. The Hall–Kier alpha value is -2.89. The van der Waals surface area contributed by atoms with Gasteiger partial charge in [0.15, 0.2) is 0 Å². The normalized spacial score (nSPS) is 10.9. The topological polar surface area (TPSA) is 69.0 Å². The molecule has 0 saturated heterocycles. The fourth-order valence-electron chi connectivity index (χ4n) is 3.03. The summed E-state index contributed by atoms with van der Waals surface area (Å²) >= 11 is 0. The van der Waals surface area contributed by atoms with Crippen LogP contribution in [0.15, 0.2) is 35.1 Å². The van der Waals surface area contributed by atoms with E-state index in [1.807, 2.05) is 44.2 Å². The summed E-state index contributed by atoms with van der Waals surface area (Å²) in [5.74, 6) is 1.32. The van der Waals surface area contributed by atoms with Gasteiger partial charge >= 0.3 is 0 Å². The van der Waals surface area contributed by atoms with E-state index in [0.717, 1.165) is 35.4 Å². The molecular formula is C20H24N4O2. The molecule has 0 aliphatic rings. The maximum absolute atomic E-state index is 13.2. The number of methoxy groups -OCH3 is 1. The van der Waals surface area contributed by atoms with Gasteiger partial charge in [0, 0.05) is 24.0 Å². The first-order valence-electron chi connectivity index (χ1n) is 8.89. The van der Waals surface area contributed by atoms with Gasteiger partial charge in [-0.1, -0.05) is 19.1 Å². The highest BCUT2D eigenvalue weighted by Crippen LogP contribution is 2.24. The highest BCUT2D eigenvalue weighted by Gasteiger charge is 2.15. The second kappa shape index (κ2) is 7.56. The highest BCUT2D eigenvalue weighted by atomic mass is 16.5. The van der Waals surface area contributed by atoms with Gasteiger partial charge in [-0.25, -0.2) is 4.98 Å². The molecule has 136 valence electrons. The third-order valence-corrected chi connectivity index (χ3v) is 4.32. The fraction of sp³-hybridized carbons (Fsp3) is 0.350. The monoisotopic (exact) mass is 352 g/mol. The average molecular weight is 352 g/mol. The first kappa shape index (κ1) is 17.9. The molecule has 0 unspecified atom stereocenters. The van der Waals surface area contributed by atoms with Crippen LogP contribution in [0.3, 0.4) is 0 Å². The Labute approximate surface area is 152 Å². The van der Waals surface area contributed by atoms with Gasteiger partial charge in [0.2, 0.25) is 5.95 Å². The van der Waals surface area contributed by atoms with Crippen molar-refractivity contribution < 1.29 is 4.74 Å². The molecule has 0 amide bonds. The zero-order chi connectivity index (χ0) is 18.7. The van der Waals surface area contributed by atoms with E-state index in [0.29, 0.717) is 23.7 Å². The lowest BCUT2D eigenvalue weighted by Gasteiger charge is -2.14. The lowest BCUT2D eigenvalue weighted by Crippen LogP contribution is -2.23. The van der Waals surface area contributed by atoms with E-state index < -0.39 is 0 Å². The minimum absolute atomic E-state index is 0.0370. The summed E-state index contributed by atoms with van der Waals surface area (Å²) in [4.78, 5) is 22.3. The van der Waals surface area contributed by atoms with Gasteiger partial charge in [0.25, 0.3) is 5.56 Å². The molecule has 0 aliphatic carbocycles. The molecule has 6 nitrogen and oxygen atoms in total. The number of benzene rings is 1. The van der Waals surface area contributed by atoms with E-state index in [1.165, 1.54) is 0 Å². The molecule has 0 radical (unpaired) electrons. The van der Waals surface area contributed by atoms with Crippen LogP contribution >= 0.6 is 0 Å². The van der Waals surface area contributed by atoms with Crippen LogP contribution in [0.5, 0.6) is 5.75 Å². The number of nitrogens with zero attached hydrogens (tertiary/aromatic N) is 3. The van der Waals surface area contributed by atoms with E-state index in [9.17, 15) is 4.79 Å². The number of fused-ring (bicyclic) bond motifs is 1. The van der Waals surface area contributed by atoms with Crippen LogP contribution < -0.4 is 15.6 Å². The molecule has 0 aliphatic heterocycles. The quantitative estimate of drug-likeness (QED) is 0.734. The number of nitrogens with one attached hydrogen (secondary N) is 1. The van der Waals surface area contributed by atoms with Crippen LogP contribution in [0.25, 0.3) is 22.2 Å². The number of aromatic nitrogens is 3. The van der Waals surface area contributed by atoms with Crippen molar-refractivity contribution in [1.29, 1.82) is 0 Å². The third kappa shape index (κ3) is 3.27. The summed E-state index contributed by atoms with van der Waals surface area (Å²) in [5, 5.41) is 4.03. The van der Waals surface area contributed by atoms with E-state index in [-0.39, 0.29) is 5.56 Å². The van der Waals surface area contributed by atoms with Crippen molar-refractivity contribution in [1.82, 2.24) is 14.5 Å². The highest BCUT2D eigenvalue weighted by molar-refractivity contribution is 5.84. The zero-order valence-corrected chi connectivity index (χ0v) is 15.7. The maximum atomic E-state index is 13.2. The van der Waals surface area contributed by atoms with E-state index in [2.05, 4.69) is 22.2 Å². The van der Waals surface area contributed by atoms with Crippen LogP contribution in [0.1, 0.15) is 26.0 Å². The van der Waals surface area contributed by atoms with Crippen molar-refractivity contribution in [3.63, 3.8) is 0 Å². The standard InChI is InChI=1S/C20H24N4O2/c1-5-11-24-18-16(13(3)22-20(23-18)21-6-2)12-17(19(24)25)14-7-9-15(26-4)10-8-14/h7-10,12H,5-6,11H2,1-4H3,(H,21,22,23). The van der Waals surface area contributed by atoms with Gasteiger partial charge in [-0.3, -0.25) is 9.36 Å². The third-order valence-electron chi connectivity index (χ3n) is 4.32. The van der Waals surface area contributed by atoms with Gasteiger partial charge < -0.3 is 10.1 Å². The summed E-state index contributed by atoms with van der Waals surface area (Å²) in [6.45, 7) is 7.34. The number of hydrogen-bond acceptors (Lipinski definition) is 5. The minimum Gasteiger partial charge on any atom is -0.497 e. The molecule has 1 aromatic carbocycles. The molecule has 3 aromatic rings. The van der Waals surface area contributed by atoms with Gasteiger partial charge in [-0.05, 0) is 44.0 Å². The summed E-state index contributed by atoms with van der Waals surface area (Å²) in [7, 11) is 1.63.